The van der Waals surface area contributed by atoms with Crippen molar-refractivity contribution in [2.75, 3.05) is 6.61 Å². The highest BCUT2D eigenvalue weighted by molar-refractivity contribution is 7.15. The summed E-state index contributed by atoms with van der Waals surface area (Å²) in [7, 11) is 0. The molecule has 0 amide bonds. The van der Waals surface area contributed by atoms with Crippen LogP contribution in [0.1, 0.15) is 17.4 Å². The highest BCUT2D eigenvalue weighted by Crippen LogP contribution is 2.28. The summed E-state index contributed by atoms with van der Waals surface area (Å²) in [5.74, 6) is -0.335. The molecule has 0 aliphatic carbocycles. The highest BCUT2D eigenvalue weighted by atomic mass is 32.1. The molecule has 0 saturated heterocycles. The second-order valence-corrected chi connectivity index (χ2v) is 5.86. The zero-order valence-electron chi connectivity index (χ0n) is 11.8. The molecule has 0 radical (unpaired) electrons. The predicted octanol–water partition coefficient (Wildman–Crippen LogP) is 3.16. The molecule has 4 heteroatoms. The van der Waals surface area contributed by atoms with E-state index in [1.807, 2.05) is 6.07 Å². The number of rotatable bonds is 5. The first-order valence-corrected chi connectivity index (χ1v) is 7.49. The summed E-state index contributed by atoms with van der Waals surface area (Å²) in [4.78, 5) is 13.8. The highest BCUT2D eigenvalue weighted by Gasteiger charge is 2.16. The van der Waals surface area contributed by atoms with Gasteiger partial charge < -0.3 is 10.5 Å². The van der Waals surface area contributed by atoms with Crippen molar-refractivity contribution < 1.29 is 9.53 Å². The van der Waals surface area contributed by atoms with E-state index in [2.05, 4.69) is 37.3 Å². The lowest BCUT2D eigenvalue weighted by Gasteiger charge is -2.08. The van der Waals surface area contributed by atoms with Crippen LogP contribution in [0.25, 0.3) is 10.4 Å². The first kappa shape index (κ1) is 14.8. The molecule has 1 atom stereocenters. The molecule has 0 fully saturated rings. The van der Waals surface area contributed by atoms with Crippen molar-refractivity contribution in [1.82, 2.24) is 0 Å². The lowest BCUT2D eigenvalue weighted by molar-refractivity contribution is -0.144. The minimum Gasteiger partial charge on any atom is -0.465 e. The van der Waals surface area contributed by atoms with Gasteiger partial charge in [-0.15, -0.1) is 11.3 Å². The lowest BCUT2D eigenvalue weighted by atomic mass is 10.1. The van der Waals surface area contributed by atoms with Crippen LogP contribution < -0.4 is 5.73 Å². The molecule has 3 nitrogen and oxygen atoms in total. The fourth-order valence-electron chi connectivity index (χ4n) is 1.91. The number of hydrogen-bond donors (Lipinski definition) is 1. The molecule has 1 heterocycles. The average molecular weight is 289 g/mol. The molecule has 1 aromatic carbocycles. The SMILES string of the molecule is CCOC(=O)C(N)Cc1ccc(-c2ccc(C)cc2)s1. The zero-order chi connectivity index (χ0) is 14.5. The number of hydrogen-bond acceptors (Lipinski definition) is 4. The Bertz CT molecular complexity index is 574. The van der Waals surface area contributed by atoms with E-state index in [-0.39, 0.29) is 5.97 Å². The van der Waals surface area contributed by atoms with Crippen molar-refractivity contribution in [3.8, 4) is 10.4 Å². The minimum absolute atomic E-state index is 0.335. The van der Waals surface area contributed by atoms with E-state index >= 15 is 0 Å². The Morgan fingerprint density at radius 1 is 1.25 bits per heavy atom. The number of carbonyl (C=O) groups is 1. The summed E-state index contributed by atoms with van der Waals surface area (Å²) in [6.45, 7) is 4.22. The maximum absolute atomic E-state index is 11.5. The summed E-state index contributed by atoms with van der Waals surface area (Å²) in [6.07, 6.45) is 0.523. The van der Waals surface area contributed by atoms with Gasteiger partial charge in [-0.1, -0.05) is 29.8 Å². The molecular weight excluding hydrogens is 270 g/mol. The molecule has 2 N–H and O–H groups in total. The second kappa shape index (κ2) is 6.68. The van der Waals surface area contributed by atoms with Gasteiger partial charge in [0.15, 0.2) is 0 Å². The van der Waals surface area contributed by atoms with Crippen LogP contribution in [0, 0.1) is 6.92 Å². The molecule has 0 aliphatic heterocycles. The molecule has 0 spiro atoms. The molecule has 106 valence electrons. The third-order valence-electron chi connectivity index (χ3n) is 3.01. The van der Waals surface area contributed by atoms with Crippen LogP contribution in [0.3, 0.4) is 0 Å². The van der Waals surface area contributed by atoms with Gasteiger partial charge in [-0.3, -0.25) is 4.79 Å². The molecular formula is C16H19NO2S. The summed E-state index contributed by atoms with van der Waals surface area (Å²) in [6, 6.07) is 11.9. The number of ether oxygens (including phenoxy) is 1. The van der Waals surface area contributed by atoms with Gasteiger partial charge in [0.25, 0.3) is 0 Å². The Balaban J connectivity index is 2.05. The van der Waals surface area contributed by atoms with E-state index in [0.717, 1.165) is 4.88 Å². The van der Waals surface area contributed by atoms with Crippen LogP contribution in [0.2, 0.25) is 0 Å². The molecule has 0 bridgehead atoms. The molecule has 2 rings (SSSR count). The minimum atomic E-state index is -0.584. The van der Waals surface area contributed by atoms with Crippen molar-refractivity contribution in [2.45, 2.75) is 26.3 Å². The number of carbonyl (C=O) groups excluding carboxylic acids is 1. The normalized spacial score (nSPS) is 12.2. The number of aryl methyl sites for hydroxylation is 1. The van der Waals surface area contributed by atoms with Gasteiger partial charge in [-0.2, -0.15) is 0 Å². The summed E-state index contributed by atoms with van der Waals surface area (Å²) in [5.41, 5.74) is 8.27. The van der Waals surface area contributed by atoms with E-state index in [9.17, 15) is 4.79 Å². The quantitative estimate of drug-likeness (QED) is 0.860. The summed E-state index contributed by atoms with van der Waals surface area (Å²) < 4.78 is 4.92. The molecule has 0 saturated carbocycles. The lowest BCUT2D eigenvalue weighted by Crippen LogP contribution is -2.34. The summed E-state index contributed by atoms with van der Waals surface area (Å²) >= 11 is 1.67. The van der Waals surface area contributed by atoms with Gasteiger partial charge in [0.2, 0.25) is 0 Å². The Kier molecular flexibility index (Phi) is 4.93. The van der Waals surface area contributed by atoms with E-state index in [4.69, 9.17) is 10.5 Å². The van der Waals surface area contributed by atoms with E-state index < -0.39 is 6.04 Å². The third kappa shape index (κ3) is 3.68. The predicted molar refractivity (Wildman–Crippen MR) is 82.8 cm³/mol. The van der Waals surface area contributed by atoms with Gasteiger partial charge in [0.1, 0.15) is 6.04 Å². The largest absolute Gasteiger partial charge is 0.465 e. The fourth-order valence-corrected chi connectivity index (χ4v) is 2.98. The smallest absolute Gasteiger partial charge is 0.323 e. The molecule has 1 unspecified atom stereocenters. The van der Waals surface area contributed by atoms with Crippen molar-refractivity contribution in [1.29, 1.82) is 0 Å². The number of thiophene rings is 1. The Morgan fingerprint density at radius 2 is 1.95 bits per heavy atom. The number of esters is 1. The van der Waals surface area contributed by atoms with Gasteiger partial charge >= 0.3 is 5.97 Å². The van der Waals surface area contributed by atoms with Gasteiger partial charge in [0.05, 0.1) is 6.61 Å². The third-order valence-corrected chi connectivity index (χ3v) is 4.16. The second-order valence-electron chi connectivity index (χ2n) is 4.69. The monoisotopic (exact) mass is 289 g/mol. The van der Waals surface area contributed by atoms with Crippen molar-refractivity contribution >= 4 is 17.3 Å². The van der Waals surface area contributed by atoms with Crippen molar-refractivity contribution in [3.05, 3.63) is 46.8 Å². The van der Waals surface area contributed by atoms with Crippen LogP contribution in [-0.4, -0.2) is 18.6 Å². The first-order chi connectivity index (χ1) is 9.60. The van der Waals surface area contributed by atoms with E-state index in [0.29, 0.717) is 13.0 Å². The fraction of sp³-hybridized carbons (Fsp3) is 0.312. The Hall–Kier alpha value is -1.65. The van der Waals surface area contributed by atoms with Gasteiger partial charge in [0, 0.05) is 16.2 Å². The van der Waals surface area contributed by atoms with Crippen LogP contribution >= 0.6 is 11.3 Å². The maximum Gasteiger partial charge on any atom is 0.323 e. The Morgan fingerprint density at radius 3 is 2.60 bits per heavy atom. The van der Waals surface area contributed by atoms with Crippen molar-refractivity contribution in [3.63, 3.8) is 0 Å². The molecule has 1 aromatic heterocycles. The van der Waals surface area contributed by atoms with Crippen LogP contribution in [0.5, 0.6) is 0 Å². The molecule has 0 aliphatic rings. The molecule has 20 heavy (non-hydrogen) atoms. The topological polar surface area (TPSA) is 52.3 Å². The van der Waals surface area contributed by atoms with Crippen LogP contribution in [-0.2, 0) is 16.0 Å². The molecule has 2 aromatic rings. The average Bonchev–Trinajstić information content (AvgIpc) is 2.88. The maximum atomic E-state index is 11.5. The number of nitrogens with two attached hydrogens (primary N) is 1. The van der Waals surface area contributed by atoms with Crippen LogP contribution in [0.4, 0.5) is 0 Å². The zero-order valence-corrected chi connectivity index (χ0v) is 12.6. The van der Waals surface area contributed by atoms with Crippen molar-refractivity contribution in [2.24, 2.45) is 5.73 Å². The first-order valence-electron chi connectivity index (χ1n) is 6.68. The summed E-state index contributed by atoms with van der Waals surface area (Å²) in [5, 5.41) is 0. The number of benzene rings is 1. The van der Waals surface area contributed by atoms with E-state index in [1.54, 1.807) is 18.3 Å². The van der Waals surface area contributed by atoms with E-state index in [1.165, 1.54) is 16.0 Å². The van der Waals surface area contributed by atoms with Gasteiger partial charge in [-0.05, 0) is 31.5 Å². The van der Waals surface area contributed by atoms with Gasteiger partial charge in [-0.25, -0.2) is 0 Å². The van der Waals surface area contributed by atoms with Crippen LogP contribution in [0.15, 0.2) is 36.4 Å². The standard InChI is InChI=1S/C16H19NO2S/c1-3-19-16(18)14(17)10-13-8-9-15(20-13)12-6-4-11(2)5-7-12/h4-9,14H,3,10,17H2,1-2H3. The Labute approximate surface area is 123 Å².